The highest BCUT2D eigenvalue weighted by Gasteiger charge is 2.50. The lowest BCUT2D eigenvalue weighted by atomic mass is 9.48. The van der Waals surface area contributed by atoms with Crippen molar-refractivity contribution in [1.29, 1.82) is 0 Å². The smallest absolute Gasteiger partial charge is 0.00126 e. The first-order chi connectivity index (χ1) is 6.51. The predicted octanol–water partition coefficient (Wildman–Crippen LogP) is 2.93. The highest BCUT2D eigenvalue weighted by molar-refractivity contribution is 5.23. The summed E-state index contributed by atoms with van der Waals surface area (Å²) in [5.41, 5.74) is 2.35. The minimum atomic E-state index is 0.608. The van der Waals surface area contributed by atoms with Gasteiger partial charge in [0.25, 0.3) is 0 Å². The lowest BCUT2D eigenvalue weighted by Crippen LogP contribution is -2.48. The van der Waals surface area contributed by atoms with Crippen molar-refractivity contribution in [1.82, 2.24) is 4.90 Å². The fraction of sp³-hybridized carbons (Fsp3) is 0.846. The number of fused-ring (bicyclic) bond motifs is 1. The van der Waals surface area contributed by atoms with Gasteiger partial charge in [-0.25, -0.2) is 0 Å². The Balaban J connectivity index is 1.97. The fourth-order valence-electron chi connectivity index (χ4n) is 3.11. The van der Waals surface area contributed by atoms with Gasteiger partial charge in [0.05, 0.1) is 0 Å². The largest absolute Gasteiger partial charge is 0.309 e. The van der Waals surface area contributed by atoms with Gasteiger partial charge in [0, 0.05) is 6.54 Å². The summed E-state index contributed by atoms with van der Waals surface area (Å²) in [5, 5.41) is 0. The van der Waals surface area contributed by atoms with Crippen molar-refractivity contribution in [2.75, 3.05) is 20.6 Å². The zero-order valence-electron chi connectivity index (χ0n) is 10.0. The maximum absolute atomic E-state index is 2.52. The van der Waals surface area contributed by atoms with E-state index < -0.39 is 0 Å². The van der Waals surface area contributed by atoms with Gasteiger partial charge in [-0.15, -0.1) is 0 Å². The molecule has 80 valence electrons. The van der Waals surface area contributed by atoms with Crippen LogP contribution in [0.2, 0.25) is 0 Å². The molecule has 14 heavy (non-hydrogen) atoms. The number of hydrogen-bond donors (Lipinski definition) is 0. The van der Waals surface area contributed by atoms with Crippen molar-refractivity contribution in [2.45, 2.75) is 33.1 Å². The summed E-state index contributed by atoms with van der Waals surface area (Å²) < 4.78 is 0. The zero-order chi connectivity index (χ0) is 10.3. The summed E-state index contributed by atoms with van der Waals surface area (Å²) in [6.07, 6.45) is 6.61. The number of rotatable bonds is 3. The van der Waals surface area contributed by atoms with Gasteiger partial charge in [-0.2, -0.15) is 0 Å². The van der Waals surface area contributed by atoms with E-state index in [-0.39, 0.29) is 0 Å². The van der Waals surface area contributed by atoms with Gasteiger partial charge >= 0.3 is 0 Å². The van der Waals surface area contributed by atoms with E-state index in [0.717, 1.165) is 11.8 Å². The Labute approximate surface area is 88.2 Å². The van der Waals surface area contributed by atoms with E-state index >= 15 is 0 Å². The zero-order valence-corrected chi connectivity index (χ0v) is 10.0. The fourth-order valence-corrected chi connectivity index (χ4v) is 3.11. The SMILES string of the molecule is CN(C)CCC1=CC[C@@H]2C[C@@H]1C2(C)C. The van der Waals surface area contributed by atoms with Crippen LogP contribution in [0.3, 0.4) is 0 Å². The topological polar surface area (TPSA) is 3.24 Å². The van der Waals surface area contributed by atoms with Crippen molar-refractivity contribution in [2.24, 2.45) is 17.3 Å². The molecule has 3 aliphatic carbocycles. The summed E-state index contributed by atoms with van der Waals surface area (Å²) in [5.74, 6) is 1.89. The average Bonchev–Trinajstić information content (AvgIpc) is 2.14. The monoisotopic (exact) mass is 193 g/mol. The van der Waals surface area contributed by atoms with E-state index in [1.54, 1.807) is 5.57 Å². The van der Waals surface area contributed by atoms with Gasteiger partial charge in [0.15, 0.2) is 0 Å². The van der Waals surface area contributed by atoms with E-state index in [1.807, 2.05) is 0 Å². The molecule has 1 saturated carbocycles. The molecule has 0 aromatic carbocycles. The van der Waals surface area contributed by atoms with Gasteiger partial charge in [0.1, 0.15) is 0 Å². The van der Waals surface area contributed by atoms with Crippen molar-refractivity contribution >= 4 is 0 Å². The Morgan fingerprint density at radius 1 is 1.43 bits per heavy atom. The first-order valence-corrected chi connectivity index (χ1v) is 5.85. The van der Waals surface area contributed by atoms with Crippen LogP contribution < -0.4 is 0 Å². The molecule has 1 nitrogen and oxygen atoms in total. The van der Waals surface area contributed by atoms with E-state index in [9.17, 15) is 0 Å². The summed E-state index contributed by atoms with van der Waals surface area (Å²) in [6.45, 7) is 6.12. The number of hydrogen-bond acceptors (Lipinski definition) is 1. The van der Waals surface area contributed by atoms with Crippen LogP contribution in [0, 0.1) is 17.3 Å². The van der Waals surface area contributed by atoms with Crippen LogP contribution in [0.4, 0.5) is 0 Å². The second-order valence-corrected chi connectivity index (χ2v) is 5.87. The summed E-state index contributed by atoms with van der Waals surface area (Å²) in [4.78, 5) is 2.29. The molecule has 3 rings (SSSR count). The molecule has 2 atom stereocenters. The van der Waals surface area contributed by atoms with Gasteiger partial charge < -0.3 is 4.90 Å². The second-order valence-electron chi connectivity index (χ2n) is 5.87. The van der Waals surface area contributed by atoms with Crippen LogP contribution in [-0.2, 0) is 0 Å². The standard InChI is InChI=1S/C13H23N/c1-13(2)11-6-5-10(12(13)9-11)7-8-14(3)4/h5,11-12H,6-9H2,1-4H3/t11-,12+/m1/s1. The molecular formula is C13H23N. The highest BCUT2D eigenvalue weighted by Crippen LogP contribution is 2.59. The minimum absolute atomic E-state index is 0.608. The highest BCUT2D eigenvalue weighted by atomic mass is 15.0. The Kier molecular flexibility index (Phi) is 2.46. The van der Waals surface area contributed by atoms with Crippen molar-refractivity contribution < 1.29 is 0 Å². The maximum Gasteiger partial charge on any atom is 0.00126 e. The van der Waals surface area contributed by atoms with Crippen LogP contribution in [0.15, 0.2) is 11.6 Å². The average molecular weight is 193 g/mol. The normalized spacial score (nSPS) is 33.9. The summed E-state index contributed by atoms with van der Waals surface area (Å²) >= 11 is 0. The molecule has 0 radical (unpaired) electrons. The molecule has 0 saturated heterocycles. The van der Waals surface area contributed by atoms with Crippen LogP contribution in [-0.4, -0.2) is 25.5 Å². The summed E-state index contributed by atoms with van der Waals surface area (Å²) in [7, 11) is 4.33. The first kappa shape index (κ1) is 10.2. The van der Waals surface area contributed by atoms with E-state index in [2.05, 4.69) is 38.9 Å². The van der Waals surface area contributed by atoms with Gasteiger partial charge in [-0.3, -0.25) is 0 Å². The Morgan fingerprint density at radius 3 is 2.64 bits per heavy atom. The molecule has 0 aliphatic heterocycles. The third kappa shape index (κ3) is 1.52. The quantitative estimate of drug-likeness (QED) is 0.623. The lowest BCUT2D eigenvalue weighted by Gasteiger charge is -2.56. The molecule has 0 heterocycles. The van der Waals surface area contributed by atoms with E-state index in [1.165, 1.54) is 25.8 Å². The van der Waals surface area contributed by atoms with E-state index in [4.69, 9.17) is 0 Å². The van der Waals surface area contributed by atoms with Crippen LogP contribution >= 0.6 is 0 Å². The molecule has 3 aliphatic rings. The molecule has 1 heteroatoms. The molecule has 0 aromatic heterocycles. The van der Waals surface area contributed by atoms with Crippen LogP contribution in [0.1, 0.15) is 33.1 Å². The Bertz CT molecular complexity index is 250. The van der Waals surface area contributed by atoms with Gasteiger partial charge in [0.2, 0.25) is 0 Å². The molecule has 0 unspecified atom stereocenters. The third-order valence-corrected chi connectivity index (χ3v) is 4.43. The van der Waals surface area contributed by atoms with E-state index in [0.29, 0.717) is 5.41 Å². The van der Waals surface area contributed by atoms with Crippen molar-refractivity contribution in [3.8, 4) is 0 Å². The molecule has 0 amide bonds. The predicted molar refractivity (Wildman–Crippen MR) is 61.2 cm³/mol. The molecular weight excluding hydrogens is 170 g/mol. The summed E-state index contributed by atoms with van der Waals surface area (Å²) in [6, 6.07) is 0. The number of allylic oxidation sites excluding steroid dienone is 1. The van der Waals surface area contributed by atoms with Crippen LogP contribution in [0.25, 0.3) is 0 Å². The second kappa shape index (κ2) is 3.37. The van der Waals surface area contributed by atoms with Gasteiger partial charge in [-0.1, -0.05) is 25.5 Å². The third-order valence-electron chi connectivity index (χ3n) is 4.43. The minimum Gasteiger partial charge on any atom is -0.309 e. The van der Waals surface area contributed by atoms with Crippen molar-refractivity contribution in [3.05, 3.63) is 11.6 Å². The molecule has 2 bridgehead atoms. The molecule has 0 N–H and O–H groups in total. The molecule has 0 aromatic rings. The molecule has 0 spiro atoms. The van der Waals surface area contributed by atoms with Crippen molar-refractivity contribution in [3.63, 3.8) is 0 Å². The lowest BCUT2D eigenvalue weighted by molar-refractivity contribution is -0.00866. The Morgan fingerprint density at radius 2 is 2.14 bits per heavy atom. The number of nitrogens with zero attached hydrogens (tertiary/aromatic N) is 1. The molecule has 1 fully saturated rings. The van der Waals surface area contributed by atoms with Gasteiger partial charge in [-0.05, 0) is 50.6 Å². The maximum atomic E-state index is 2.52. The first-order valence-electron chi connectivity index (χ1n) is 5.85. The Hall–Kier alpha value is -0.300. The van der Waals surface area contributed by atoms with Crippen LogP contribution in [0.5, 0.6) is 0 Å².